The summed E-state index contributed by atoms with van der Waals surface area (Å²) in [5.74, 6) is -1.05. The zero-order valence-electron chi connectivity index (χ0n) is 19.9. The van der Waals surface area contributed by atoms with Crippen molar-refractivity contribution in [1.29, 1.82) is 0 Å². The van der Waals surface area contributed by atoms with E-state index in [4.69, 9.17) is 25.6 Å². The summed E-state index contributed by atoms with van der Waals surface area (Å²) in [6.07, 6.45) is 4.04. The number of amides is 2. The number of hydrogen-bond donors (Lipinski definition) is 2. The molecule has 0 spiro atoms. The van der Waals surface area contributed by atoms with E-state index in [1.807, 2.05) is 30.3 Å². The molecule has 2 N–H and O–H groups in total. The van der Waals surface area contributed by atoms with E-state index < -0.39 is 33.3 Å². The Bertz CT molecular complexity index is 1100. The molecule has 36 heavy (non-hydrogen) atoms. The van der Waals surface area contributed by atoms with Crippen LogP contribution in [0.1, 0.15) is 32.1 Å². The predicted octanol–water partition coefficient (Wildman–Crippen LogP) is 4.59. The van der Waals surface area contributed by atoms with Crippen molar-refractivity contribution in [3.8, 4) is 0 Å². The number of carbonyl (C=O) groups excluding carboxylic acids is 2. The van der Waals surface area contributed by atoms with Crippen molar-refractivity contribution in [3.05, 3.63) is 59.6 Å². The molecule has 2 amide bonds. The van der Waals surface area contributed by atoms with Crippen LogP contribution in [-0.4, -0.2) is 57.1 Å². The van der Waals surface area contributed by atoms with Crippen LogP contribution in [0, 0.1) is 5.41 Å². The molecular formula is C25H31ClN2O7S. The lowest BCUT2D eigenvalue weighted by molar-refractivity contribution is -0.127. The second kappa shape index (κ2) is 13.0. The number of rotatable bonds is 11. The highest BCUT2D eigenvalue weighted by Gasteiger charge is 2.35. The van der Waals surface area contributed by atoms with Crippen molar-refractivity contribution in [2.75, 3.05) is 37.0 Å². The zero-order valence-corrected chi connectivity index (χ0v) is 21.5. The van der Waals surface area contributed by atoms with Crippen molar-refractivity contribution in [2.45, 2.75) is 32.1 Å². The smallest absolute Gasteiger partial charge is 0.418 e. The number of hydrogen-bond acceptors (Lipinski definition) is 6. The first-order valence-electron chi connectivity index (χ1n) is 11.7. The zero-order chi connectivity index (χ0) is 26.0. The van der Waals surface area contributed by atoms with Crippen LogP contribution in [0.15, 0.2) is 54.6 Å². The maximum atomic E-state index is 13.3. The van der Waals surface area contributed by atoms with Gasteiger partial charge in [-0.15, -0.1) is 0 Å². The van der Waals surface area contributed by atoms with Crippen LogP contribution in [0.4, 0.5) is 16.2 Å². The minimum atomic E-state index is -4.15. The molecule has 1 aliphatic carbocycles. The Hall–Kier alpha value is -2.66. The highest BCUT2D eigenvalue weighted by molar-refractivity contribution is 7.85. The molecule has 0 atom stereocenters. The Morgan fingerprint density at radius 2 is 1.61 bits per heavy atom. The summed E-state index contributed by atoms with van der Waals surface area (Å²) in [6.45, 7) is -0.114. The minimum absolute atomic E-state index is 0.132. The number of halogens is 1. The summed E-state index contributed by atoms with van der Waals surface area (Å²) in [5, 5.41) is 2.95. The molecule has 2 aromatic rings. The summed E-state index contributed by atoms with van der Waals surface area (Å²) in [5.41, 5.74) is 0.844. The first-order valence-corrected chi connectivity index (χ1v) is 13.7. The van der Waals surface area contributed by atoms with E-state index in [0.29, 0.717) is 16.4 Å². The maximum absolute atomic E-state index is 13.3. The van der Waals surface area contributed by atoms with Crippen LogP contribution in [0.3, 0.4) is 0 Å². The molecule has 9 nitrogen and oxygen atoms in total. The number of nitrogens with zero attached hydrogens (tertiary/aromatic N) is 1. The maximum Gasteiger partial charge on any atom is 0.418 e. The summed E-state index contributed by atoms with van der Waals surface area (Å²) < 4.78 is 41.8. The van der Waals surface area contributed by atoms with Crippen LogP contribution >= 0.6 is 11.6 Å². The number of para-hydroxylation sites is 1. The van der Waals surface area contributed by atoms with Crippen LogP contribution in [0.2, 0.25) is 5.02 Å². The average Bonchev–Trinajstić information content (AvgIpc) is 2.85. The largest absolute Gasteiger partial charge is 0.448 e. The lowest BCUT2D eigenvalue weighted by atomic mass is 9.75. The molecule has 0 unspecified atom stereocenters. The van der Waals surface area contributed by atoms with Crippen molar-refractivity contribution >= 4 is 45.1 Å². The van der Waals surface area contributed by atoms with Gasteiger partial charge in [0.1, 0.15) is 13.2 Å². The van der Waals surface area contributed by atoms with Crippen molar-refractivity contribution in [1.82, 2.24) is 5.32 Å². The third-order valence-corrected chi connectivity index (χ3v) is 6.99. The second-order valence-corrected chi connectivity index (χ2v) is 10.9. The number of benzene rings is 2. The lowest BCUT2D eigenvalue weighted by Gasteiger charge is -2.37. The highest BCUT2D eigenvalue weighted by atomic mass is 35.5. The Balaban J connectivity index is 1.62. The molecule has 0 bridgehead atoms. The summed E-state index contributed by atoms with van der Waals surface area (Å²) in [4.78, 5) is 26.7. The summed E-state index contributed by atoms with van der Waals surface area (Å²) in [7, 11) is -4.15. The first kappa shape index (κ1) is 27.9. The van der Waals surface area contributed by atoms with Gasteiger partial charge in [-0.1, -0.05) is 49.1 Å². The monoisotopic (exact) mass is 538 g/mol. The van der Waals surface area contributed by atoms with Gasteiger partial charge >= 0.3 is 6.09 Å². The van der Waals surface area contributed by atoms with Gasteiger partial charge in [0, 0.05) is 17.0 Å². The predicted molar refractivity (Wildman–Crippen MR) is 137 cm³/mol. The molecule has 2 aromatic carbocycles. The quantitative estimate of drug-likeness (QED) is 0.401. The molecule has 0 heterocycles. The van der Waals surface area contributed by atoms with E-state index >= 15 is 0 Å². The minimum Gasteiger partial charge on any atom is -0.448 e. The fourth-order valence-electron chi connectivity index (χ4n) is 4.17. The molecule has 0 aromatic heterocycles. The Morgan fingerprint density at radius 3 is 2.25 bits per heavy atom. The van der Waals surface area contributed by atoms with Crippen LogP contribution in [0.25, 0.3) is 0 Å². The van der Waals surface area contributed by atoms with E-state index in [0.717, 1.165) is 32.1 Å². The van der Waals surface area contributed by atoms with Gasteiger partial charge in [-0.3, -0.25) is 9.35 Å². The van der Waals surface area contributed by atoms with Gasteiger partial charge < -0.3 is 14.8 Å². The molecule has 1 aliphatic rings. The Morgan fingerprint density at radius 1 is 0.972 bits per heavy atom. The molecule has 3 rings (SSSR count). The standard InChI is InChI=1S/C25H31ClN2O7S/c26-20-9-11-22(12-10-20)28(21-7-3-1-4-8-21)24(30)35-19-25(13-5-2-6-14-25)18-34-17-23(29)27-15-16-36(31,32)33/h1,3-4,7-12H,2,5-6,13-19H2,(H,27,29)(H,31,32,33). The van der Waals surface area contributed by atoms with Crippen LogP contribution < -0.4 is 10.2 Å². The summed E-state index contributed by atoms with van der Waals surface area (Å²) in [6, 6.07) is 16.1. The molecular weight excluding hydrogens is 508 g/mol. The lowest BCUT2D eigenvalue weighted by Crippen LogP contribution is -2.39. The molecule has 0 aliphatic heterocycles. The fraction of sp³-hybridized carbons (Fsp3) is 0.440. The molecule has 1 fully saturated rings. The molecule has 1 saturated carbocycles. The van der Waals surface area contributed by atoms with Gasteiger partial charge in [-0.25, -0.2) is 9.69 Å². The van der Waals surface area contributed by atoms with Gasteiger partial charge in [-0.2, -0.15) is 8.42 Å². The summed E-state index contributed by atoms with van der Waals surface area (Å²) >= 11 is 6.03. The number of carbonyl (C=O) groups is 2. The molecule has 11 heteroatoms. The fourth-order valence-corrected chi connectivity index (χ4v) is 4.66. The van der Waals surface area contributed by atoms with Crippen molar-refractivity contribution in [3.63, 3.8) is 0 Å². The molecule has 0 radical (unpaired) electrons. The molecule has 196 valence electrons. The highest BCUT2D eigenvalue weighted by Crippen LogP contribution is 2.37. The van der Waals surface area contributed by atoms with E-state index in [1.165, 1.54) is 4.90 Å². The van der Waals surface area contributed by atoms with Crippen LogP contribution in [0.5, 0.6) is 0 Å². The average molecular weight is 539 g/mol. The third-order valence-electron chi connectivity index (χ3n) is 6.02. The van der Waals surface area contributed by atoms with E-state index in [9.17, 15) is 18.0 Å². The number of ether oxygens (including phenoxy) is 2. The Kier molecular flexibility index (Phi) is 10.1. The SMILES string of the molecule is O=C(COCC1(COC(=O)N(c2ccccc2)c2ccc(Cl)cc2)CCCCC1)NCCS(=O)(=O)O. The number of anilines is 2. The third kappa shape index (κ3) is 8.77. The van der Waals surface area contributed by atoms with Gasteiger partial charge in [0.05, 0.1) is 23.7 Å². The number of nitrogens with one attached hydrogen (secondary N) is 1. The van der Waals surface area contributed by atoms with Gasteiger partial charge in [-0.05, 0) is 49.2 Å². The van der Waals surface area contributed by atoms with E-state index in [2.05, 4.69) is 5.32 Å². The first-order chi connectivity index (χ1) is 17.2. The topological polar surface area (TPSA) is 122 Å². The Labute approximate surface area is 216 Å². The van der Waals surface area contributed by atoms with Crippen LogP contribution in [-0.2, 0) is 24.4 Å². The van der Waals surface area contributed by atoms with E-state index in [1.54, 1.807) is 24.3 Å². The second-order valence-electron chi connectivity index (χ2n) is 8.89. The van der Waals surface area contributed by atoms with Gasteiger partial charge in [0.25, 0.3) is 10.1 Å². The van der Waals surface area contributed by atoms with E-state index in [-0.39, 0.29) is 26.4 Å². The normalized spacial score (nSPS) is 15.2. The molecule has 0 saturated heterocycles. The van der Waals surface area contributed by atoms with Gasteiger partial charge in [0.2, 0.25) is 5.91 Å². The van der Waals surface area contributed by atoms with Crippen molar-refractivity contribution < 1.29 is 32.0 Å². The van der Waals surface area contributed by atoms with Gasteiger partial charge in [0.15, 0.2) is 0 Å². The van der Waals surface area contributed by atoms with Crippen molar-refractivity contribution in [2.24, 2.45) is 5.41 Å².